The third-order valence-corrected chi connectivity index (χ3v) is 3.60. The van der Waals surface area contributed by atoms with Crippen LogP contribution in [0.2, 0.25) is 0 Å². The molecule has 0 aliphatic rings. The first-order valence-corrected chi connectivity index (χ1v) is 8.28. The van der Waals surface area contributed by atoms with Gasteiger partial charge in [0.1, 0.15) is 5.75 Å². The van der Waals surface area contributed by atoms with Gasteiger partial charge in [0.2, 0.25) is 0 Å². The third kappa shape index (κ3) is 5.85. The number of esters is 1. The van der Waals surface area contributed by atoms with Gasteiger partial charge in [0.15, 0.2) is 18.1 Å². The molecule has 0 radical (unpaired) electrons. The first-order valence-electron chi connectivity index (χ1n) is 8.28. The Kier molecular flexibility index (Phi) is 6.93. The molecule has 0 aliphatic carbocycles. The number of hydrogen-bond acceptors (Lipinski definition) is 6. The van der Waals surface area contributed by atoms with Crippen LogP contribution >= 0.6 is 0 Å². The summed E-state index contributed by atoms with van der Waals surface area (Å²) >= 11 is 0. The van der Waals surface area contributed by atoms with Gasteiger partial charge in [0.05, 0.1) is 13.3 Å². The maximum Gasteiger partial charge on any atom is 0.308 e. The van der Waals surface area contributed by atoms with Gasteiger partial charge in [-0.2, -0.15) is 5.10 Å². The van der Waals surface area contributed by atoms with Crippen molar-refractivity contribution in [3.05, 3.63) is 53.1 Å². The van der Waals surface area contributed by atoms with Crippen molar-refractivity contribution in [3.8, 4) is 17.2 Å². The Hall–Kier alpha value is -3.35. The molecule has 0 heterocycles. The number of carbonyl (C=O) groups excluding carboxylic acids is 2. The second-order valence-electron chi connectivity index (χ2n) is 5.81. The molecule has 1 N–H and O–H groups in total. The van der Waals surface area contributed by atoms with E-state index in [0.717, 1.165) is 11.1 Å². The topological polar surface area (TPSA) is 86.2 Å². The molecule has 0 saturated carbocycles. The Morgan fingerprint density at radius 1 is 1.11 bits per heavy atom. The Labute approximate surface area is 157 Å². The molecule has 7 nitrogen and oxygen atoms in total. The molecule has 2 aromatic carbocycles. The molecule has 142 valence electrons. The van der Waals surface area contributed by atoms with E-state index >= 15 is 0 Å². The van der Waals surface area contributed by atoms with E-state index in [4.69, 9.17) is 14.2 Å². The fraction of sp³-hybridized carbons (Fsp3) is 0.250. The molecule has 27 heavy (non-hydrogen) atoms. The van der Waals surface area contributed by atoms with E-state index in [-0.39, 0.29) is 12.5 Å². The van der Waals surface area contributed by atoms with Crippen molar-refractivity contribution >= 4 is 18.1 Å². The molecule has 0 aromatic heterocycles. The molecule has 2 aromatic rings. The fourth-order valence-electron chi connectivity index (χ4n) is 2.38. The molecular formula is C20H22N2O5. The number of hydrogen-bond donors (Lipinski definition) is 1. The van der Waals surface area contributed by atoms with Crippen LogP contribution in [0, 0.1) is 13.8 Å². The number of ether oxygens (including phenoxy) is 3. The van der Waals surface area contributed by atoms with Gasteiger partial charge in [0.25, 0.3) is 5.91 Å². The summed E-state index contributed by atoms with van der Waals surface area (Å²) in [6.45, 7) is 5.01. The number of amides is 1. The molecule has 0 atom stereocenters. The average Bonchev–Trinajstić information content (AvgIpc) is 2.62. The van der Waals surface area contributed by atoms with Gasteiger partial charge < -0.3 is 14.2 Å². The summed E-state index contributed by atoms with van der Waals surface area (Å²) in [5, 5.41) is 3.90. The normalized spacial score (nSPS) is 10.5. The van der Waals surface area contributed by atoms with E-state index in [1.807, 2.05) is 32.0 Å². The van der Waals surface area contributed by atoms with E-state index in [1.165, 1.54) is 20.2 Å². The Balaban J connectivity index is 1.92. The number of nitrogens with zero attached hydrogens (tertiary/aromatic N) is 1. The molecule has 7 heteroatoms. The summed E-state index contributed by atoms with van der Waals surface area (Å²) in [5.41, 5.74) is 5.00. The number of hydrazone groups is 1. The van der Waals surface area contributed by atoms with Crippen molar-refractivity contribution in [1.82, 2.24) is 5.43 Å². The minimum atomic E-state index is -0.439. The smallest absolute Gasteiger partial charge is 0.308 e. The first kappa shape index (κ1) is 20.0. The van der Waals surface area contributed by atoms with Crippen LogP contribution in [0.25, 0.3) is 0 Å². The van der Waals surface area contributed by atoms with Crippen molar-refractivity contribution in [2.75, 3.05) is 13.7 Å². The highest BCUT2D eigenvalue weighted by molar-refractivity contribution is 5.84. The molecule has 0 fully saturated rings. The van der Waals surface area contributed by atoms with Crippen LogP contribution in [0.3, 0.4) is 0 Å². The minimum Gasteiger partial charge on any atom is -0.493 e. The minimum absolute atomic E-state index is 0.141. The molecular weight excluding hydrogens is 348 g/mol. The number of methoxy groups -OCH3 is 1. The number of benzene rings is 2. The lowest BCUT2D eigenvalue weighted by Crippen LogP contribution is -2.25. The van der Waals surface area contributed by atoms with Crippen molar-refractivity contribution < 1.29 is 23.8 Å². The van der Waals surface area contributed by atoms with Crippen LogP contribution in [0.4, 0.5) is 0 Å². The van der Waals surface area contributed by atoms with Gasteiger partial charge in [-0.25, -0.2) is 5.43 Å². The van der Waals surface area contributed by atoms with E-state index in [9.17, 15) is 9.59 Å². The van der Waals surface area contributed by atoms with Gasteiger partial charge >= 0.3 is 5.97 Å². The number of rotatable bonds is 7. The summed E-state index contributed by atoms with van der Waals surface area (Å²) in [4.78, 5) is 23.0. The lowest BCUT2D eigenvalue weighted by atomic mass is 10.1. The first-order chi connectivity index (χ1) is 12.9. The van der Waals surface area contributed by atoms with Crippen LogP contribution < -0.4 is 19.6 Å². The molecule has 0 unspecified atom stereocenters. The van der Waals surface area contributed by atoms with E-state index in [2.05, 4.69) is 10.5 Å². The lowest BCUT2D eigenvalue weighted by Gasteiger charge is -2.10. The molecule has 0 saturated heterocycles. The van der Waals surface area contributed by atoms with Crippen molar-refractivity contribution in [2.24, 2.45) is 5.10 Å². The van der Waals surface area contributed by atoms with Crippen LogP contribution in [-0.2, 0) is 9.59 Å². The Morgan fingerprint density at radius 3 is 2.44 bits per heavy atom. The highest BCUT2D eigenvalue weighted by Crippen LogP contribution is 2.27. The van der Waals surface area contributed by atoms with Gasteiger partial charge in [-0.15, -0.1) is 0 Å². The summed E-state index contributed by atoms with van der Waals surface area (Å²) < 4.78 is 15.8. The largest absolute Gasteiger partial charge is 0.493 e. The second-order valence-corrected chi connectivity index (χ2v) is 5.81. The highest BCUT2D eigenvalue weighted by Gasteiger charge is 2.08. The molecule has 0 spiro atoms. The van der Waals surface area contributed by atoms with Crippen LogP contribution in [0.5, 0.6) is 17.2 Å². The molecule has 2 rings (SSSR count). The lowest BCUT2D eigenvalue weighted by molar-refractivity contribution is -0.132. The predicted octanol–water partition coefficient (Wildman–Crippen LogP) is 2.77. The number of para-hydroxylation sites is 1. The zero-order valence-electron chi connectivity index (χ0n) is 15.7. The highest BCUT2D eigenvalue weighted by atomic mass is 16.6. The summed E-state index contributed by atoms with van der Waals surface area (Å²) in [7, 11) is 1.47. The maximum atomic E-state index is 11.9. The predicted molar refractivity (Wildman–Crippen MR) is 101 cm³/mol. The summed E-state index contributed by atoms with van der Waals surface area (Å²) in [5.74, 6) is 0.581. The standard InChI is InChI=1S/C20H22N2O5/c1-13-6-5-7-14(2)20(13)26-12-19(24)22-21-11-16-8-9-17(27-15(3)23)18(10-16)25-4/h5-11H,12H2,1-4H3,(H,22,24)/b21-11+. The second kappa shape index (κ2) is 9.38. The quantitative estimate of drug-likeness (QED) is 0.351. The van der Waals surface area contributed by atoms with Crippen molar-refractivity contribution in [3.63, 3.8) is 0 Å². The van der Waals surface area contributed by atoms with Crippen molar-refractivity contribution in [2.45, 2.75) is 20.8 Å². The average molecular weight is 370 g/mol. The third-order valence-electron chi connectivity index (χ3n) is 3.60. The zero-order chi connectivity index (χ0) is 19.8. The molecule has 0 aliphatic heterocycles. The van der Waals surface area contributed by atoms with E-state index in [1.54, 1.807) is 18.2 Å². The molecule has 1 amide bonds. The monoisotopic (exact) mass is 370 g/mol. The van der Waals surface area contributed by atoms with Gasteiger partial charge in [-0.1, -0.05) is 18.2 Å². The van der Waals surface area contributed by atoms with Gasteiger partial charge in [-0.05, 0) is 48.7 Å². The Bertz CT molecular complexity index is 841. The SMILES string of the molecule is COc1cc(/C=N/NC(=O)COc2c(C)cccc2C)ccc1OC(C)=O. The van der Waals surface area contributed by atoms with Gasteiger partial charge in [-0.3, -0.25) is 9.59 Å². The summed E-state index contributed by atoms with van der Waals surface area (Å²) in [6, 6.07) is 10.7. The number of aryl methyl sites for hydroxylation is 2. The van der Waals surface area contributed by atoms with Crippen LogP contribution in [0.15, 0.2) is 41.5 Å². The molecule has 0 bridgehead atoms. The van der Waals surface area contributed by atoms with Crippen LogP contribution in [0.1, 0.15) is 23.6 Å². The van der Waals surface area contributed by atoms with E-state index < -0.39 is 5.97 Å². The zero-order valence-corrected chi connectivity index (χ0v) is 15.7. The number of carbonyl (C=O) groups is 2. The van der Waals surface area contributed by atoms with Crippen molar-refractivity contribution in [1.29, 1.82) is 0 Å². The van der Waals surface area contributed by atoms with E-state index in [0.29, 0.717) is 22.8 Å². The van der Waals surface area contributed by atoms with Gasteiger partial charge in [0, 0.05) is 6.92 Å². The number of nitrogens with one attached hydrogen (secondary N) is 1. The Morgan fingerprint density at radius 2 is 1.81 bits per heavy atom. The van der Waals surface area contributed by atoms with Crippen LogP contribution in [-0.4, -0.2) is 31.8 Å². The summed E-state index contributed by atoms with van der Waals surface area (Å²) in [6.07, 6.45) is 1.46. The fourth-order valence-corrected chi connectivity index (χ4v) is 2.38. The maximum absolute atomic E-state index is 11.9.